The fourth-order valence-electron chi connectivity index (χ4n) is 3.37. The van der Waals surface area contributed by atoms with Gasteiger partial charge in [0.2, 0.25) is 20.0 Å². The van der Waals surface area contributed by atoms with Gasteiger partial charge in [0.15, 0.2) is 0 Å². The highest BCUT2D eigenvalue weighted by Gasteiger charge is 2.34. The minimum absolute atomic E-state index is 0.0233. The van der Waals surface area contributed by atoms with Crippen LogP contribution in [0, 0.1) is 20.8 Å². The molecule has 2 aromatic rings. The molecular formula is C17H22Cl2N4O4S2. The predicted molar refractivity (Wildman–Crippen MR) is 111 cm³/mol. The molecule has 0 bridgehead atoms. The molecule has 12 heteroatoms. The van der Waals surface area contributed by atoms with E-state index in [1.54, 1.807) is 20.8 Å². The van der Waals surface area contributed by atoms with Crippen molar-refractivity contribution in [2.45, 2.75) is 37.0 Å². The molecule has 8 nitrogen and oxygen atoms in total. The first-order valence-electron chi connectivity index (χ1n) is 8.93. The average Bonchev–Trinajstić information content (AvgIpc) is 2.84. The van der Waals surface area contributed by atoms with Gasteiger partial charge in [-0.15, -0.1) is 0 Å². The molecular weight excluding hydrogens is 459 g/mol. The molecule has 29 heavy (non-hydrogen) atoms. The van der Waals surface area contributed by atoms with Crippen LogP contribution in [0.1, 0.15) is 23.4 Å². The van der Waals surface area contributed by atoms with E-state index >= 15 is 0 Å². The molecule has 0 radical (unpaired) electrons. The monoisotopic (exact) mass is 480 g/mol. The maximum atomic E-state index is 13.1. The molecule has 1 fully saturated rings. The molecule has 1 aromatic heterocycles. The van der Waals surface area contributed by atoms with Gasteiger partial charge in [0.05, 0.1) is 16.4 Å². The van der Waals surface area contributed by atoms with Crippen LogP contribution in [0.3, 0.4) is 0 Å². The number of halogens is 2. The molecule has 1 saturated heterocycles. The molecule has 160 valence electrons. The number of aryl methyl sites for hydroxylation is 3. The summed E-state index contributed by atoms with van der Waals surface area (Å²) in [5.74, 6) is 0. The summed E-state index contributed by atoms with van der Waals surface area (Å²) in [6.45, 7) is 5.43. The molecule has 0 amide bonds. The predicted octanol–water partition coefficient (Wildman–Crippen LogP) is 2.73. The highest BCUT2D eigenvalue weighted by Crippen LogP contribution is 2.31. The van der Waals surface area contributed by atoms with Crippen molar-refractivity contribution in [2.24, 2.45) is 0 Å². The quantitative estimate of drug-likeness (QED) is 0.724. The van der Waals surface area contributed by atoms with Crippen LogP contribution in [-0.4, -0.2) is 61.8 Å². The van der Waals surface area contributed by atoms with Gasteiger partial charge in [0, 0.05) is 31.2 Å². The lowest BCUT2D eigenvalue weighted by Crippen LogP contribution is -2.37. The van der Waals surface area contributed by atoms with Crippen molar-refractivity contribution in [1.82, 2.24) is 18.8 Å². The lowest BCUT2D eigenvalue weighted by Gasteiger charge is -2.22. The van der Waals surface area contributed by atoms with E-state index in [4.69, 9.17) is 23.2 Å². The van der Waals surface area contributed by atoms with Crippen LogP contribution in [0.5, 0.6) is 0 Å². The third-order valence-electron chi connectivity index (χ3n) is 4.90. The second-order valence-corrected chi connectivity index (χ2v) is 11.6. The molecule has 3 rings (SSSR count). The van der Waals surface area contributed by atoms with Gasteiger partial charge in [-0.05, 0) is 44.9 Å². The number of nitrogens with one attached hydrogen (secondary N) is 1. The lowest BCUT2D eigenvalue weighted by atomic mass is 10.2. The van der Waals surface area contributed by atoms with E-state index < -0.39 is 20.0 Å². The number of rotatable bonds is 4. The maximum Gasteiger partial charge on any atom is 0.246 e. The van der Waals surface area contributed by atoms with Gasteiger partial charge >= 0.3 is 0 Å². The highest BCUT2D eigenvalue weighted by atomic mass is 35.5. The minimum atomic E-state index is -3.89. The fourth-order valence-corrected chi connectivity index (χ4v) is 7.45. The number of aromatic nitrogens is 2. The molecule has 0 unspecified atom stereocenters. The van der Waals surface area contributed by atoms with Crippen LogP contribution in [0.2, 0.25) is 10.0 Å². The SMILES string of the molecule is Cc1cc(S(=O)(=O)N2CCCN(S(=O)(=O)c3c(C)n[nH]c3C)CC2)c(Cl)cc1Cl. The molecule has 0 saturated carbocycles. The van der Waals surface area contributed by atoms with Gasteiger partial charge in [-0.1, -0.05) is 23.2 Å². The normalized spacial score (nSPS) is 17.4. The van der Waals surface area contributed by atoms with Crippen molar-refractivity contribution in [2.75, 3.05) is 26.2 Å². The summed E-state index contributed by atoms with van der Waals surface area (Å²) in [5, 5.41) is 7.06. The van der Waals surface area contributed by atoms with E-state index in [-0.39, 0.29) is 41.0 Å². The van der Waals surface area contributed by atoms with E-state index in [0.29, 0.717) is 28.4 Å². The first-order valence-corrected chi connectivity index (χ1v) is 12.6. The molecule has 0 atom stereocenters. The van der Waals surface area contributed by atoms with Crippen LogP contribution >= 0.6 is 23.2 Å². The summed E-state index contributed by atoms with van der Waals surface area (Å²) < 4.78 is 55.0. The van der Waals surface area contributed by atoms with Crippen molar-refractivity contribution >= 4 is 43.2 Å². The van der Waals surface area contributed by atoms with Crippen molar-refractivity contribution in [3.63, 3.8) is 0 Å². The molecule has 2 heterocycles. The Balaban J connectivity index is 1.88. The second-order valence-electron chi connectivity index (χ2n) is 6.96. The Kier molecular flexibility index (Phi) is 6.34. The van der Waals surface area contributed by atoms with Gasteiger partial charge in [0.1, 0.15) is 9.79 Å². The van der Waals surface area contributed by atoms with Crippen LogP contribution in [-0.2, 0) is 20.0 Å². The number of hydrogen-bond acceptors (Lipinski definition) is 5. The minimum Gasteiger partial charge on any atom is -0.281 e. The summed E-state index contributed by atoms with van der Waals surface area (Å²) in [6, 6.07) is 2.85. The summed E-state index contributed by atoms with van der Waals surface area (Å²) >= 11 is 12.2. The van der Waals surface area contributed by atoms with E-state index in [1.165, 1.54) is 20.7 Å². The lowest BCUT2D eigenvalue weighted by molar-refractivity contribution is 0.404. The van der Waals surface area contributed by atoms with E-state index in [9.17, 15) is 16.8 Å². The fraction of sp³-hybridized carbons (Fsp3) is 0.471. The van der Waals surface area contributed by atoms with Crippen molar-refractivity contribution in [1.29, 1.82) is 0 Å². The van der Waals surface area contributed by atoms with Crippen molar-refractivity contribution in [3.8, 4) is 0 Å². The zero-order valence-electron chi connectivity index (χ0n) is 16.2. The van der Waals surface area contributed by atoms with Crippen LogP contribution in [0.15, 0.2) is 21.9 Å². The van der Waals surface area contributed by atoms with Crippen LogP contribution in [0.4, 0.5) is 0 Å². The third kappa shape index (κ3) is 4.19. The smallest absolute Gasteiger partial charge is 0.246 e. The van der Waals surface area contributed by atoms with E-state index in [1.807, 2.05) is 0 Å². The van der Waals surface area contributed by atoms with Gasteiger partial charge in [-0.25, -0.2) is 16.8 Å². The molecule has 0 aliphatic carbocycles. The Morgan fingerprint density at radius 2 is 1.48 bits per heavy atom. The van der Waals surface area contributed by atoms with Crippen LogP contribution in [0.25, 0.3) is 0 Å². The number of hydrogen-bond donors (Lipinski definition) is 1. The number of H-pyrrole nitrogens is 1. The summed E-state index contributed by atoms with van der Waals surface area (Å²) in [7, 11) is -7.67. The van der Waals surface area contributed by atoms with Gasteiger partial charge in [-0.3, -0.25) is 5.10 Å². The zero-order valence-corrected chi connectivity index (χ0v) is 19.4. The molecule has 1 aliphatic heterocycles. The maximum absolute atomic E-state index is 13.1. The molecule has 1 N–H and O–H groups in total. The summed E-state index contributed by atoms with van der Waals surface area (Å²) in [5.41, 5.74) is 1.44. The Labute approximate surface area is 180 Å². The molecule has 0 spiro atoms. The third-order valence-corrected chi connectivity index (χ3v) is 9.84. The first-order chi connectivity index (χ1) is 13.5. The van der Waals surface area contributed by atoms with Crippen LogP contribution < -0.4 is 0 Å². The number of nitrogens with zero attached hydrogens (tertiary/aromatic N) is 3. The molecule has 1 aliphatic rings. The van der Waals surface area contributed by atoms with Crippen molar-refractivity contribution < 1.29 is 16.8 Å². The largest absolute Gasteiger partial charge is 0.281 e. The second kappa shape index (κ2) is 8.16. The Morgan fingerprint density at radius 1 is 0.897 bits per heavy atom. The summed E-state index contributed by atoms with van der Waals surface area (Å²) in [4.78, 5) is 0.115. The Bertz CT molecular complexity index is 1130. The number of sulfonamides is 2. The van der Waals surface area contributed by atoms with E-state index in [2.05, 4.69) is 10.2 Å². The standard InChI is InChI=1S/C17H22Cl2N4O4S2/c1-11-9-16(15(19)10-14(11)18)28(24,25)22-5-4-6-23(8-7-22)29(26,27)17-12(2)20-21-13(17)3/h9-10H,4-8H2,1-3H3,(H,20,21). The van der Waals surface area contributed by atoms with Gasteiger partial charge < -0.3 is 0 Å². The van der Waals surface area contributed by atoms with E-state index in [0.717, 1.165) is 0 Å². The Hall–Kier alpha value is -1.17. The van der Waals surface area contributed by atoms with Crippen molar-refractivity contribution in [3.05, 3.63) is 39.1 Å². The number of benzene rings is 1. The molecule has 1 aromatic carbocycles. The Morgan fingerprint density at radius 3 is 2.03 bits per heavy atom. The first kappa shape index (κ1) is 22.5. The van der Waals surface area contributed by atoms with Gasteiger partial charge in [0.25, 0.3) is 0 Å². The zero-order chi connectivity index (χ0) is 21.6. The van der Waals surface area contributed by atoms with Gasteiger partial charge in [-0.2, -0.15) is 13.7 Å². The summed E-state index contributed by atoms with van der Waals surface area (Å²) in [6.07, 6.45) is 0.360. The topological polar surface area (TPSA) is 103 Å². The highest BCUT2D eigenvalue weighted by molar-refractivity contribution is 7.89. The average molecular weight is 481 g/mol. The number of aromatic amines is 1.